The Kier molecular flexibility index (Phi) is 6.19. The predicted molar refractivity (Wildman–Crippen MR) is 126 cm³/mol. The van der Waals surface area contributed by atoms with Gasteiger partial charge in [-0.25, -0.2) is 4.98 Å². The molecule has 0 atom stereocenters. The summed E-state index contributed by atoms with van der Waals surface area (Å²) < 4.78 is 2.65. The van der Waals surface area contributed by atoms with E-state index < -0.39 is 0 Å². The number of thiophene rings is 1. The van der Waals surface area contributed by atoms with E-state index in [1.165, 1.54) is 11.3 Å². The van der Waals surface area contributed by atoms with Gasteiger partial charge in [0.1, 0.15) is 10.5 Å². The summed E-state index contributed by atoms with van der Waals surface area (Å²) in [5.41, 5.74) is 1.47. The summed E-state index contributed by atoms with van der Waals surface area (Å²) in [6, 6.07) is 7.44. The normalized spacial score (nSPS) is 11.5. The zero-order valence-electron chi connectivity index (χ0n) is 16.3. The van der Waals surface area contributed by atoms with Gasteiger partial charge in [0, 0.05) is 37.1 Å². The Morgan fingerprint density at radius 3 is 2.97 bits per heavy atom. The Labute approximate surface area is 186 Å². The minimum Gasteiger partial charge on any atom is -0.395 e. The molecule has 0 saturated carbocycles. The number of anilines is 2. The summed E-state index contributed by atoms with van der Waals surface area (Å²) in [5.74, 6) is 1.43. The van der Waals surface area contributed by atoms with E-state index in [9.17, 15) is 9.90 Å². The molecule has 0 aliphatic rings. The minimum absolute atomic E-state index is 0.0143. The Balaban J connectivity index is 1.45. The number of aromatic nitrogens is 3. The summed E-state index contributed by atoms with van der Waals surface area (Å²) in [4.78, 5) is 21.4. The Hall–Kier alpha value is -2.26. The molecule has 0 spiro atoms. The number of hydrogen-bond donors (Lipinski definition) is 3. The van der Waals surface area contributed by atoms with Crippen LogP contribution in [0.4, 0.5) is 11.8 Å². The van der Waals surface area contributed by atoms with Crippen LogP contribution in [0, 0.1) is 0 Å². The Bertz CT molecular complexity index is 1250. The summed E-state index contributed by atoms with van der Waals surface area (Å²) in [6.45, 7) is 1.87. The number of nitrogens with zero attached hydrogens (tertiary/aromatic N) is 3. The van der Waals surface area contributed by atoms with Crippen molar-refractivity contribution < 1.29 is 5.11 Å². The molecular weight excluding hydrogens is 445 g/mol. The fourth-order valence-electron chi connectivity index (χ4n) is 3.51. The number of nitrogens with one attached hydrogen (secondary N) is 2. The van der Waals surface area contributed by atoms with E-state index >= 15 is 0 Å². The maximum atomic E-state index is 12.0. The molecule has 158 valence electrons. The van der Waals surface area contributed by atoms with Crippen molar-refractivity contribution >= 4 is 67.4 Å². The zero-order chi connectivity index (χ0) is 21.3. The highest BCUT2D eigenvalue weighted by Gasteiger charge is 2.15. The first-order valence-corrected chi connectivity index (χ1v) is 11.1. The average molecular weight is 466 g/mol. The third-order valence-corrected chi connectivity index (χ3v) is 6.34. The molecule has 0 fully saturated rings. The Morgan fingerprint density at radius 1 is 1.33 bits per heavy atom. The quantitative estimate of drug-likeness (QED) is 0.340. The molecule has 4 aromatic rings. The molecule has 3 N–H and O–H groups in total. The smallest absolute Gasteiger partial charge is 0.270 e. The van der Waals surface area contributed by atoms with Gasteiger partial charge in [0.25, 0.3) is 5.56 Å². The maximum absolute atomic E-state index is 12.0. The lowest BCUT2D eigenvalue weighted by atomic mass is 10.2. The monoisotopic (exact) mass is 465 g/mol. The summed E-state index contributed by atoms with van der Waals surface area (Å²) in [6.07, 6.45) is 0.816. The molecule has 0 aliphatic carbocycles. The molecule has 10 heteroatoms. The van der Waals surface area contributed by atoms with E-state index in [2.05, 4.69) is 20.2 Å². The molecule has 0 bridgehead atoms. The lowest BCUT2D eigenvalue weighted by Crippen LogP contribution is -2.24. The Morgan fingerprint density at radius 2 is 2.17 bits per heavy atom. The first-order chi connectivity index (χ1) is 14.5. The number of fused-ring (bicyclic) bond motifs is 2. The first-order valence-electron chi connectivity index (χ1n) is 9.49. The van der Waals surface area contributed by atoms with Gasteiger partial charge in [-0.2, -0.15) is 0 Å². The highest BCUT2D eigenvalue weighted by molar-refractivity contribution is 7.17. The summed E-state index contributed by atoms with van der Waals surface area (Å²) in [5, 5.41) is 16.6. The van der Waals surface area contributed by atoms with Gasteiger partial charge in [0.2, 0.25) is 5.95 Å². The van der Waals surface area contributed by atoms with Crippen LogP contribution in [0.5, 0.6) is 0 Å². The van der Waals surface area contributed by atoms with Crippen LogP contribution < -0.4 is 15.8 Å². The number of aliphatic hydroxyl groups is 1. The number of aromatic amines is 1. The van der Waals surface area contributed by atoms with Gasteiger partial charge in [0.05, 0.1) is 22.7 Å². The lowest BCUT2D eigenvalue weighted by molar-refractivity contribution is 0.278. The van der Waals surface area contributed by atoms with E-state index in [0.29, 0.717) is 39.3 Å². The van der Waals surface area contributed by atoms with Crippen molar-refractivity contribution in [2.45, 2.75) is 13.0 Å². The summed E-state index contributed by atoms with van der Waals surface area (Å²) >= 11 is 13.9. The van der Waals surface area contributed by atoms with E-state index in [0.717, 1.165) is 29.7 Å². The van der Waals surface area contributed by atoms with Crippen molar-refractivity contribution in [3.63, 3.8) is 0 Å². The third kappa shape index (κ3) is 4.13. The standard InChI is InChI=1S/C20H21Cl2N5O2S/c1-26(5-2-4-23-20-24-15-3-8-30-18(15)19(29)25-20)17-11-13-14(22)9-12(21)10-16(13)27(17)6-7-28/h3,8-11,28H,2,4-7H2,1H3,(H2,23,24,25,29). The fraction of sp³-hybridized carbons (Fsp3) is 0.300. The lowest BCUT2D eigenvalue weighted by Gasteiger charge is -2.21. The predicted octanol–water partition coefficient (Wildman–Crippen LogP) is 4.18. The second kappa shape index (κ2) is 8.85. The SMILES string of the molecule is CN(CCCNc1nc2ccsc2c(=O)[nH]1)c1cc2c(Cl)cc(Cl)cc2n1CCO. The van der Waals surface area contributed by atoms with Crippen molar-refractivity contribution in [2.24, 2.45) is 0 Å². The summed E-state index contributed by atoms with van der Waals surface area (Å²) in [7, 11) is 2.00. The largest absolute Gasteiger partial charge is 0.395 e. The number of halogens is 2. The van der Waals surface area contributed by atoms with Crippen LogP contribution in [-0.2, 0) is 6.54 Å². The van der Waals surface area contributed by atoms with Gasteiger partial charge in [-0.15, -0.1) is 11.3 Å². The molecular formula is C20H21Cl2N5O2S. The van der Waals surface area contributed by atoms with Crippen molar-refractivity contribution in [1.82, 2.24) is 14.5 Å². The first kappa shape index (κ1) is 21.0. The molecule has 30 heavy (non-hydrogen) atoms. The van der Waals surface area contributed by atoms with E-state index in [-0.39, 0.29) is 12.2 Å². The van der Waals surface area contributed by atoms with Gasteiger partial charge < -0.3 is 19.9 Å². The van der Waals surface area contributed by atoms with Crippen LogP contribution in [0.1, 0.15) is 6.42 Å². The van der Waals surface area contributed by atoms with Crippen LogP contribution in [0.15, 0.2) is 34.4 Å². The third-order valence-electron chi connectivity index (χ3n) is 4.91. The van der Waals surface area contributed by atoms with Crippen LogP contribution >= 0.6 is 34.5 Å². The topological polar surface area (TPSA) is 86.2 Å². The van der Waals surface area contributed by atoms with Gasteiger partial charge >= 0.3 is 0 Å². The van der Waals surface area contributed by atoms with Gasteiger partial charge in [-0.1, -0.05) is 23.2 Å². The van der Waals surface area contributed by atoms with E-state index in [1.54, 1.807) is 6.07 Å². The van der Waals surface area contributed by atoms with Crippen molar-refractivity contribution in [1.29, 1.82) is 0 Å². The fourth-order valence-corrected chi connectivity index (χ4v) is 4.78. The zero-order valence-corrected chi connectivity index (χ0v) is 18.6. The van der Waals surface area contributed by atoms with Crippen LogP contribution in [-0.4, -0.2) is 46.4 Å². The average Bonchev–Trinajstić information content (AvgIpc) is 3.31. The highest BCUT2D eigenvalue weighted by atomic mass is 35.5. The van der Waals surface area contributed by atoms with Gasteiger partial charge in [0.15, 0.2) is 0 Å². The number of hydrogen-bond acceptors (Lipinski definition) is 6. The number of aliphatic hydroxyl groups excluding tert-OH is 1. The molecule has 0 aliphatic heterocycles. The molecule has 3 aromatic heterocycles. The second-order valence-electron chi connectivity index (χ2n) is 6.95. The molecule has 3 heterocycles. The number of H-pyrrole nitrogens is 1. The number of rotatable bonds is 8. The van der Waals surface area contributed by atoms with Crippen molar-refractivity contribution in [3.05, 3.63) is 50.0 Å². The van der Waals surface area contributed by atoms with Crippen LogP contribution in [0.2, 0.25) is 10.0 Å². The molecule has 0 unspecified atom stereocenters. The van der Waals surface area contributed by atoms with Gasteiger partial charge in [-0.3, -0.25) is 9.78 Å². The molecule has 1 aromatic carbocycles. The molecule has 4 rings (SSSR count). The van der Waals surface area contributed by atoms with Crippen LogP contribution in [0.3, 0.4) is 0 Å². The molecule has 0 saturated heterocycles. The maximum Gasteiger partial charge on any atom is 0.270 e. The van der Waals surface area contributed by atoms with Crippen LogP contribution in [0.25, 0.3) is 21.1 Å². The van der Waals surface area contributed by atoms with Gasteiger partial charge in [-0.05, 0) is 36.1 Å². The van der Waals surface area contributed by atoms with Crippen molar-refractivity contribution in [2.75, 3.05) is 37.0 Å². The highest BCUT2D eigenvalue weighted by Crippen LogP contribution is 2.34. The molecule has 0 radical (unpaired) electrons. The van der Waals surface area contributed by atoms with Crippen molar-refractivity contribution in [3.8, 4) is 0 Å². The van der Waals surface area contributed by atoms with E-state index in [4.69, 9.17) is 23.2 Å². The van der Waals surface area contributed by atoms with E-state index in [1.807, 2.05) is 35.2 Å². The molecule has 7 nitrogen and oxygen atoms in total. The molecule has 0 amide bonds. The number of benzene rings is 1. The minimum atomic E-state index is -0.126. The second-order valence-corrected chi connectivity index (χ2v) is 8.71.